The summed E-state index contributed by atoms with van der Waals surface area (Å²) in [6.45, 7) is 0. The average Bonchev–Trinajstić information content (AvgIpc) is 3.03. The maximum atomic E-state index is 10.9. The van der Waals surface area contributed by atoms with E-state index in [1.54, 1.807) is 10.7 Å². The molecular formula is C10H12N2O2. The number of carboxylic acid groups (broad SMARTS) is 1. The molecule has 74 valence electrons. The van der Waals surface area contributed by atoms with Crippen molar-refractivity contribution >= 4 is 5.97 Å². The summed E-state index contributed by atoms with van der Waals surface area (Å²) < 4.78 is 1.70. The lowest BCUT2D eigenvalue weighted by atomic mass is 10.3. The summed E-state index contributed by atoms with van der Waals surface area (Å²) in [4.78, 5) is 10.9. The van der Waals surface area contributed by atoms with Crippen molar-refractivity contribution in [2.75, 3.05) is 0 Å². The lowest BCUT2D eigenvalue weighted by Crippen LogP contribution is -2.08. The quantitative estimate of drug-likeness (QED) is 0.794. The number of nitrogens with zero attached hydrogens (tertiary/aromatic N) is 2. The normalized spacial score (nSPS) is 21.1. The minimum Gasteiger partial charge on any atom is -0.477 e. The second-order valence-corrected chi connectivity index (χ2v) is 4.21. The van der Waals surface area contributed by atoms with E-state index in [4.69, 9.17) is 5.11 Å². The number of rotatable bonds is 3. The molecule has 1 aromatic heterocycles. The summed E-state index contributed by atoms with van der Waals surface area (Å²) in [5.41, 5.74) is 1.35. The van der Waals surface area contributed by atoms with E-state index < -0.39 is 5.97 Å². The number of aromatic carboxylic acids is 1. The molecule has 2 aliphatic carbocycles. The van der Waals surface area contributed by atoms with Crippen LogP contribution in [0.3, 0.4) is 0 Å². The van der Waals surface area contributed by atoms with Crippen molar-refractivity contribution in [2.45, 2.75) is 37.6 Å². The first-order chi connectivity index (χ1) is 6.75. The number of carbonyl (C=O) groups is 1. The summed E-state index contributed by atoms with van der Waals surface area (Å²) in [5.74, 6) is -0.315. The molecule has 1 heterocycles. The molecule has 2 aliphatic rings. The average molecular weight is 192 g/mol. The van der Waals surface area contributed by atoms with Crippen molar-refractivity contribution in [1.82, 2.24) is 9.78 Å². The van der Waals surface area contributed by atoms with E-state index in [0.29, 0.717) is 17.7 Å². The Labute approximate surface area is 81.5 Å². The fraction of sp³-hybridized carbons (Fsp3) is 0.600. The Bertz CT molecular complexity index is 389. The maximum absolute atomic E-state index is 10.9. The Morgan fingerprint density at radius 3 is 2.64 bits per heavy atom. The zero-order chi connectivity index (χ0) is 9.71. The molecule has 2 fully saturated rings. The summed E-state index contributed by atoms with van der Waals surface area (Å²) in [7, 11) is 0. The molecule has 3 rings (SSSR count). The van der Waals surface area contributed by atoms with Crippen LogP contribution in [0, 0.1) is 0 Å². The monoisotopic (exact) mass is 192 g/mol. The molecular weight excluding hydrogens is 180 g/mol. The zero-order valence-corrected chi connectivity index (χ0v) is 7.81. The number of hydrogen-bond donors (Lipinski definition) is 1. The van der Waals surface area contributed by atoms with Gasteiger partial charge in [0.2, 0.25) is 0 Å². The first kappa shape index (κ1) is 8.03. The molecule has 1 N–H and O–H groups in total. The van der Waals surface area contributed by atoms with Crippen LogP contribution in [0.25, 0.3) is 0 Å². The van der Waals surface area contributed by atoms with Crippen LogP contribution in [0.2, 0.25) is 0 Å². The minimum atomic E-state index is -0.851. The standard InChI is InChI=1S/C10H12N2O2/c13-10(14)9-5-8(6-1-2-6)11-12(9)7-3-4-7/h5-7H,1-4H2,(H,13,14). The van der Waals surface area contributed by atoms with Gasteiger partial charge in [0.15, 0.2) is 0 Å². The second kappa shape index (κ2) is 2.59. The number of carboxylic acids is 1. The summed E-state index contributed by atoms with van der Waals surface area (Å²) in [5, 5.41) is 13.4. The Morgan fingerprint density at radius 1 is 1.43 bits per heavy atom. The Morgan fingerprint density at radius 2 is 2.14 bits per heavy atom. The summed E-state index contributed by atoms with van der Waals surface area (Å²) >= 11 is 0. The first-order valence-corrected chi connectivity index (χ1v) is 5.08. The van der Waals surface area contributed by atoms with E-state index in [-0.39, 0.29) is 0 Å². The third-order valence-electron chi connectivity index (χ3n) is 2.86. The maximum Gasteiger partial charge on any atom is 0.354 e. The van der Waals surface area contributed by atoms with Crippen LogP contribution in [0.4, 0.5) is 0 Å². The van der Waals surface area contributed by atoms with Crippen LogP contribution < -0.4 is 0 Å². The van der Waals surface area contributed by atoms with Gasteiger partial charge in [0, 0.05) is 5.92 Å². The molecule has 0 aromatic carbocycles. The largest absolute Gasteiger partial charge is 0.477 e. The van der Waals surface area contributed by atoms with Crippen molar-refractivity contribution in [1.29, 1.82) is 0 Å². The number of hydrogen-bond acceptors (Lipinski definition) is 2. The molecule has 0 unspecified atom stereocenters. The van der Waals surface area contributed by atoms with Gasteiger partial charge in [-0.05, 0) is 31.7 Å². The molecule has 0 atom stereocenters. The van der Waals surface area contributed by atoms with Crippen molar-refractivity contribution in [2.24, 2.45) is 0 Å². The van der Waals surface area contributed by atoms with Gasteiger partial charge in [-0.2, -0.15) is 5.10 Å². The highest BCUT2D eigenvalue weighted by molar-refractivity contribution is 5.86. The predicted octanol–water partition coefficient (Wildman–Crippen LogP) is 1.79. The Kier molecular flexibility index (Phi) is 1.48. The molecule has 0 saturated heterocycles. The topological polar surface area (TPSA) is 55.1 Å². The SMILES string of the molecule is O=C(O)c1cc(C2CC2)nn1C1CC1. The second-order valence-electron chi connectivity index (χ2n) is 4.21. The van der Waals surface area contributed by atoms with E-state index in [9.17, 15) is 4.79 Å². The fourth-order valence-electron chi connectivity index (χ4n) is 1.75. The van der Waals surface area contributed by atoms with Gasteiger partial charge in [-0.15, -0.1) is 0 Å². The smallest absolute Gasteiger partial charge is 0.354 e. The summed E-state index contributed by atoms with van der Waals surface area (Å²) in [6, 6.07) is 2.10. The Balaban J connectivity index is 2.01. The van der Waals surface area contributed by atoms with Gasteiger partial charge in [-0.1, -0.05) is 0 Å². The van der Waals surface area contributed by atoms with Crippen LogP contribution >= 0.6 is 0 Å². The third-order valence-corrected chi connectivity index (χ3v) is 2.86. The highest BCUT2D eigenvalue weighted by Crippen LogP contribution is 2.42. The third kappa shape index (κ3) is 1.22. The fourth-order valence-corrected chi connectivity index (χ4v) is 1.75. The van der Waals surface area contributed by atoms with E-state index in [2.05, 4.69) is 5.10 Å². The molecule has 14 heavy (non-hydrogen) atoms. The first-order valence-electron chi connectivity index (χ1n) is 5.08. The highest BCUT2D eigenvalue weighted by atomic mass is 16.4. The van der Waals surface area contributed by atoms with Crippen LogP contribution in [-0.4, -0.2) is 20.9 Å². The lowest BCUT2D eigenvalue weighted by Gasteiger charge is -1.99. The van der Waals surface area contributed by atoms with E-state index in [1.807, 2.05) is 0 Å². The molecule has 0 spiro atoms. The van der Waals surface area contributed by atoms with Gasteiger partial charge in [0.05, 0.1) is 11.7 Å². The van der Waals surface area contributed by atoms with Crippen LogP contribution in [-0.2, 0) is 0 Å². The zero-order valence-electron chi connectivity index (χ0n) is 7.81. The predicted molar refractivity (Wildman–Crippen MR) is 49.4 cm³/mol. The van der Waals surface area contributed by atoms with Gasteiger partial charge in [-0.3, -0.25) is 4.68 Å². The van der Waals surface area contributed by atoms with Crippen LogP contribution in [0.15, 0.2) is 6.07 Å². The van der Waals surface area contributed by atoms with Gasteiger partial charge < -0.3 is 5.11 Å². The molecule has 0 bridgehead atoms. The van der Waals surface area contributed by atoms with E-state index in [1.165, 1.54) is 12.8 Å². The molecule has 1 aromatic rings. The minimum absolute atomic E-state index is 0.355. The van der Waals surface area contributed by atoms with Gasteiger partial charge in [0.1, 0.15) is 5.69 Å². The number of aromatic nitrogens is 2. The Hall–Kier alpha value is -1.32. The molecule has 4 heteroatoms. The molecule has 4 nitrogen and oxygen atoms in total. The van der Waals surface area contributed by atoms with Crippen molar-refractivity contribution < 1.29 is 9.90 Å². The van der Waals surface area contributed by atoms with Crippen LogP contribution in [0.5, 0.6) is 0 Å². The van der Waals surface area contributed by atoms with Gasteiger partial charge in [0.25, 0.3) is 0 Å². The molecule has 0 amide bonds. The van der Waals surface area contributed by atoms with Gasteiger partial charge >= 0.3 is 5.97 Å². The van der Waals surface area contributed by atoms with E-state index >= 15 is 0 Å². The van der Waals surface area contributed by atoms with E-state index in [0.717, 1.165) is 18.5 Å². The van der Waals surface area contributed by atoms with Crippen molar-refractivity contribution in [3.05, 3.63) is 17.5 Å². The highest BCUT2D eigenvalue weighted by Gasteiger charge is 2.33. The van der Waals surface area contributed by atoms with Crippen LogP contribution in [0.1, 0.15) is 53.8 Å². The van der Waals surface area contributed by atoms with Crippen molar-refractivity contribution in [3.63, 3.8) is 0 Å². The summed E-state index contributed by atoms with van der Waals surface area (Å²) in [6.07, 6.45) is 4.49. The molecule has 0 aliphatic heterocycles. The lowest BCUT2D eigenvalue weighted by molar-refractivity contribution is 0.0683. The van der Waals surface area contributed by atoms with Crippen molar-refractivity contribution in [3.8, 4) is 0 Å². The van der Waals surface area contributed by atoms with Gasteiger partial charge in [-0.25, -0.2) is 4.79 Å². The molecule has 0 radical (unpaired) electrons. The molecule has 2 saturated carbocycles.